The van der Waals surface area contributed by atoms with Gasteiger partial charge in [0.05, 0.1) is 0 Å². The van der Waals surface area contributed by atoms with Crippen LogP contribution in [0.4, 0.5) is 8.78 Å². The molecule has 0 N–H and O–H groups in total. The van der Waals surface area contributed by atoms with Crippen molar-refractivity contribution in [1.82, 2.24) is 0 Å². The van der Waals surface area contributed by atoms with E-state index in [9.17, 15) is 13.6 Å². The van der Waals surface area contributed by atoms with Gasteiger partial charge >= 0.3 is 0 Å². The van der Waals surface area contributed by atoms with Crippen LogP contribution in [0.1, 0.15) is 23.6 Å². The van der Waals surface area contributed by atoms with E-state index in [4.69, 9.17) is 0 Å². The normalized spacial score (nSPS) is 13.9. The number of hydrogen-bond donors (Lipinski definition) is 0. The van der Waals surface area contributed by atoms with Crippen LogP contribution in [0.2, 0.25) is 0 Å². The molecule has 0 spiro atoms. The molecule has 84 valence electrons. The summed E-state index contributed by atoms with van der Waals surface area (Å²) in [6, 6.07) is 5.36. The summed E-state index contributed by atoms with van der Waals surface area (Å²) in [5.74, 6) is 0.0131. The summed E-state index contributed by atoms with van der Waals surface area (Å²) in [6.45, 7) is 1.50. The van der Waals surface area contributed by atoms with E-state index in [0.29, 0.717) is 17.6 Å². The molecule has 0 heterocycles. The minimum absolute atomic E-state index is 0.0131. The zero-order chi connectivity index (χ0) is 11.7. The SMILES string of the molecule is CC(=O)C1=Cc2c(cccc2CC(F)F)C1. The van der Waals surface area contributed by atoms with Gasteiger partial charge in [-0.15, -0.1) is 0 Å². The van der Waals surface area contributed by atoms with Crippen molar-refractivity contribution in [3.8, 4) is 0 Å². The van der Waals surface area contributed by atoms with E-state index >= 15 is 0 Å². The minimum atomic E-state index is -2.35. The van der Waals surface area contributed by atoms with Crippen molar-refractivity contribution in [2.45, 2.75) is 26.2 Å². The largest absolute Gasteiger partial charge is 0.295 e. The third-order valence-electron chi connectivity index (χ3n) is 2.81. The number of benzene rings is 1. The van der Waals surface area contributed by atoms with Crippen LogP contribution < -0.4 is 0 Å². The van der Waals surface area contributed by atoms with Crippen LogP contribution in [0.3, 0.4) is 0 Å². The molecule has 3 heteroatoms. The van der Waals surface area contributed by atoms with Gasteiger partial charge in [-0.1, -0.05) is 18.2 Å². The summed E-state index contributed by atoms with van der Waals surface area (Å²) in [5.41, 5.74) is 3.12. The third kappa shape index (κ3) is 2.03. The van der Waals surface area contributed by atoms with Gasteiger partial charge in [-0.3, -0.25) is 4.79 Å². The first-order valence-corrected chi connectivity index (χ1v) is 5.18. The molecule has 0 unspecified atom stereocenters. The highest BCUT2D eigenvalue weighted by Crippen LogP contribution is 2.29. The van der Waals surface area contributed by atoms with Crippen molar-refractivity contribution in [3.63, 3.8) is 0 Å². The molecule has 0 aromatic heterocycles. The molecule has 1 nitrogen and oxygen atoms in total. The van der Waals surface area contributed by atoms with Gasteiger partial charge in [-0.25, -0.2) is 8.78 Å². The maximum atomic E-state index is 12.4. The molecule has 0 atom stereocenters. The zero-order valence-electron chi connectivity index (χ0n) is 8.97. The Morgan fingerprint density at radius 2 is 2.19 bits per heavy atom. The Bertz CT molecular complexity index is 461. The van der Waals surface area contributed by atoms with E-state index < -0.39 is 6.43 Å². The van der Waals surface area contributed by atoms with Crippen molar-refractivity contribution in [2.75, 3.05) is 0 Å². The summed E-state index contributed by atoms with van der Waals surface area (Å²) in [5, 5.41) is 0. The molecular formula is C13H12F2O. The Morgan fingerprint density at radius 3 is 2.81 bits per heavy atom. The average molecular weight is 222 g/mol. The fourth-order valence-corrected chi connectivity index (χ4v) is 2.01. The molecule has 0 saturated carbocycles. The van der Waals surface area contributed by atoms with Crippen molar-refractivity contribution in [3.05, 3.63) is 40.5 Å². The number of alkyl halides is 2. The summed E-state index contributed by atoms with van der Waals surface area (Å²) in [6.07, 6.45) is -0.275. The lowest BCUT2D eigenvalue weighted by atomic mass is 10.0. The second kappa shape index (κ2) is 4.16. The number of hydrogen-bond acceptors (Lipinski definition) is 1. The van der Waals surface area contributed by atoms with E-state index in [0.717, 1.165) is 11.1 Å². The van der Waals surface area contributed by atoms with Crippen LogP contribution in [-0.2, 0) is 17.6 Å². The van der Waals surface area contributed by atoms with Crippen LogP contribution in [0, 0.1) is 0 Å². The Labute approximate surface area is 92.8 Å². The predicted molar refractivity (Wildman–Crippen MR) is 58.5 cm³/mol. The molecule has 0 saturated heterocycles. The quantitative estimate of drug-likeness (QED) is 0.768. The van der Waals surface area contributed by atoms with Gasteiger partial charge in [-0.2, -0.15) is 0 Å². The van der Waals surface area contributed by atoms with Gasteiger partial charge in [0.25, 0.3) is 0 Å². The molecule has 16 heavy (non-hydrogen) atoms. The first-order valence-electron chi connectivity index (χ1n) is 5.18. The fourth-order valence-electron chi connectivity index (χ4n) is 2.01. The van der Waals surface area contributed by atoms with Crippen molar-refractivity contribution in [1.29, 1.82) is 0 Å². The molecule has 1 aromatic carbocycles. The van der Waals surface area contributed by atoms with E-state index in [1.807, 2.05) is 6.07 Å². The lowest BCUT2D eigenvalue weighted by molar-refractivity contribution is -0.113. The Morgan fingerprint density at radius 1 is 1.44 bits per heavy atom. The van der Waals surface area contributed by atoms with Gasteiger partial charge in [0.2, 0.25) is 6.43 Å². The minimum Gasteiger partial charge on any atom is -0.295 e. The summed E-state index contributed by atoms with van der Waals surface area (Å²) in [4.78, 5) is 11.2. The molecule has 0 fully saturated rings. The van der Waals surface area contributed by atoms with Crippen LogP contribution in [0.15, 0.2) is 23.8 Å². The topological polar surface area (TPSA) is 17.1 Å². The maximum absolute atomic E-state index is 12.4. The molecule has 1 aromatic rings. The lowest BCUT2D eigenvalue weighted by Gasteiger charge is -2.06. The molecular weight excluding hydrogens is 210 g/mol. The Balaban J connectivity index is 2.38. The second-order valence-corrected chi connectivity index (χ2v) is 3.99. The first-order chi connectivity index (χ1) is 7.58. The summed E-state index contributed by atoms with van der Waals surface area (Å²) < 4.78 is 24.7. The number of carbonyl (C=O) groups excluding carboxylic acids is 1. The first kappa shape index (κ1) is 11.0. The maximum Gasteiger partial charge on any atom is 0.242 e. The van der Waals surface area contributed by atoms with E-state index in [1.54, 1.807) is 18.2 Å². The molecule has 0 bridgehead atoms. The predicted octanol–water partition coefficient (Wildman–Crippen LogP) is 3.02. The monoisotopic (exact) mass is 222 g/mol. The number of fused-ring (bicyclic) bond motifs is 1. The van der Waals surface area contributed by atoms with E-state index in [2.05, 4.69) is 0 Å². The van der Waals surface area contributed by atoms with E-state index in [1.165, 1.54) is 6.92 Å². The van der Waals surface area contributed by atoms with Crippen molar-refractivity contribution >= 4 is 11.9 Å². The van der Waals surface area contributed by atoms with Crippen molar-refractivity contribution < 1.29 is 13.6 Å². The Kier molecular flexibility index (Phi) is 2.86. The molecule has 0 radical (unpaired) electrons. The number of carbonyl (C=O) groups is 1. The van der Waals surface area contributed by atoms with Gasteiger partial charge in [0, 0.05) is 12.8 Å². The van der Waals surface area contributed by atoms with Crippen molar-refractivity contribution in [2.24, 2.45) is 0 Å². The molecule has 0 amide bonds. The van der Waals surface area contributed by atoms with E-state index in [-0.39, 0.29) is 12.2 Å². The molecule has 0 aliphatic heterocycles. The highest BCUT2D eigenvalue weighted by Gasteiger charge is 2.19. The smallest absolute Gasteiger partial charge is 0.242 e. The average Bonchev–Trinajstić information content (AvgIpc) is 2.61. The Hall–Kier alpha value is -1.51. The van der Waals surface area contributed by atoms with Crippen LogP contribution in [0.25, 0.3) is 6.08 Å². The summed E-state index contributed by atoms with van der Waals surface area (Å²) in [7, 11) is 0. The number of allylic oxidation sites excluding steroid dienone is 1. The van der Waals surface area contributed by atoms with Crippen LogP contribution >= 0.6 is 0 Å². The number of Topliss-reactive ketones (excluding diaryl/α,β-unsaturated/α-hetero) is 1. The molecule has 1 aliphatic carbocycles. The zero-order valence-corrected chi connectivity index (χ0v) is 8.97. The number of ketones is 1. The second-order valence-electron chi connectivity index (χ2n) is 3.99. The number of rotatable bonds is 3. The fraction of sp³-hybridized carbons (Fsp3) is 0.308. The van der Waals surface area contributed by atoms with Gasteiger partial charge in [0.1, 0.15) is 0 Å². The van der Waals surface area contributed by atoms with Crippen LogP contribution in [0.5, 0.6) is 0 Å². The third-order valence-corrected chi connectivity index (χ3v) is 2.81. The highest BCUT2D eigenvalue weighted by atomic mass is 19.3. The van der Waals surface area contributed by atoms with Crippen LogP contribution in [-0.4, -0.2) is 12.2 Å². The molecule has 2 rings (SSSR count). The number of halogens is 2. The highest BCUT2D eigenvalue weighted by molar-refractivity contribution is 6.00. The van der Waals surface area contributed by atoms with Gasteiger partial charge in [-0.05, 0) is 35.3 Å². The molecule has 1 aliphatic rings. The summed E-state index contributed by atoms with van der Waals surface area (Å²) >= 11 is 0. The van der Waals surface area contributed by atoms with Gasteiger partial charge in [0.15, 0.2) is 5.78 Å². The standard InChI is InChI=1S/C13H12F2O/c1-8(16)11-5-9-3-2-4-10(7-13(14)15)12(9)6-11/h2-4,6,13H,5,7H2,1H3. The lowest BCUT2D eigenvalue weighted by Crippen LogP contribution is -1.99. The van der Waals surface area contributed by atoms with Gasteiger partial charge < -0.3 is 0 Å².